The summed E-state index contributed by atoms with van der Waals surface area (Å²) < 4.78 is 18.6. The summed E-state index contributed by atoms with van der Waals surface area (Å²) in [6, 6.07) is 6.04. The number of fused-ring (bicyclic) bond motifs is 1. The Hall–Kier alpha value is -1.43. The monoisotopic (exact) mass is 267 g/mol. The van der Waals surface area contributed by atoms with E-state index in [0.717, 1.165) is 5.39 Å². The number of likely N-dealkylation sites (N-methyl/N-ethyl adjacent to an activating group) is 1. The predicted octanol–water partition coefficient (Wildman–Crippen LogP) is 1.56. The minimum absolute atomic E-state index is 0.357. The zero-order valence-corrected chi connectivity index (χ0v) is 10.8. The average molecular weight is 267 g/mol. The van der Waals surface area contributed by atoms with Crippen LogP contribution in [0.4, 0.5) is 4.39 Å². The van der Waals surface area contributed by atoms with Crippen LogP contribution >= 0.6 is 0 Å². The fourth-order valence-corrected chi connectivity index (χ4v) is 2.23. The van der Waals surface area contributed by atoms with E-state index in [1.165, 1.54) is 6.26 Å². The average Bonchev–Trinajstić information content (AvgIpc) is 2.91. The van der Waals surface area contributed by atoms with Crippen molar-refractivity contribution < 1.29 is 19.0 Å². The normalized spacial score (nSPS) is 16.4. The van der Waals surface area contributed by atoms with Gasteiger partial charge in [0.15, 0.2) is 0 Å². The molecule has 0 amide bonds. The van der Waals surface area contributed by atoms with Gasteiger partial charge in [-0.25, -0.2) is 4.39 Å². The molecular weight excluding hydrogens is 249 g/mol. The van der Waals surface area contributed by atoms with Gasteiger partial charge in [0.1, 0.15) is 17.9 Å². The summed E-state index contributed by atoms with van der Waals surface area (Å²) in [6.45, 7) is 1.01. The van der Waals surface area contributed by atoms with Crippen LogP contribution in [0.25, 0.3) is 11.0 Å². The molecule has 0 radical (unpaired) electrons. The second-order valence-corrected chi connectivity index (χ2v) is 4.52. The SMILES string of the molecule is CCNC(CO)C(O)(CF)c1ccc2ccoc2c1. The maximum absolute atomic E-state index is 13.4. The van der Waals surface area contributed by atoms with Crippen LogP contribution < -0.4 is 5.32 Å². The molecule has 1 aromatic carbocycles. The molecule has 2 rings (SSSR count). The van der Waals surface area contributed by atoms with Crippen molar-refractivity contribution in [3.8, 4) is 0 Å². The number of furan rings is 1. The lowest BCUT2D eigenvalue weighted by Gasteiger charge is -2.33. The number of nitrogens with one attached hydrogen (secondary N) is 1. The fourth-order valence-electron chi connectivity index (χ4n) is 2.23. The first-order valence-corrected chi connectivity index (χ1v) is 6.26. The minimum atomic E-state index is -1.77. The van der Waals surface area contributed by atoms with Gasteiger partial charge < -0.3 is 19.9 Å². The van der Waals surface area contributed by atoms with Crippen LogP contribution in [0.5, 0.6) is 0 Å². The molecule has 2 unspecified atom stereocenters. The lowest BCUT2D eigenvalue weighted by molar-refractivity contribution is -0.0403. The van der Waals surface area contributed by atoms with E-state index in [0.29, 0.717) is 17.7 Å². The van der Waals surface area contributed by atoms with Crippen LogP contribution in [0.15, 0.2) is 34.9 Å². The highest BCUT2D eigenvalue weighted by Gasteiger charge is 2.38. The summed E-state index contributed by atoms with van der Waals surface area (Å²) in [7, 11) is 0. The topological polar surface area (TPSA) is 65.6 Å². The number of hydrogen-bond donors (Lipinski definition) is 3. The summed E-state index contributed by atoms with van der Waals surface area (Å²) in [5, 5.41) is 23.7. The van der Waals surface area contributed by atoms with Gasteiger partial charge >= 0.3 is 0 Å². The van der Waals surface area contributed by atoms with Crippen LogP contribution in [0.1, 0.15) is 12.5 Å². The molecule has 5 heteroatoms. The quantitative estimate of drug-likeness (QED) is 0.743. The van der Waals surface area contributed by atoms with Crippen molar-refractivity contribution in [2.24, 2.45) is 0 Å². The Morgan fingerprint density at radius 2 is 2.21 bits per heavy atom. The van der Waals surface area contributed by atoms with Gasteiger partial charge in [-0.2, -0.15) is 0 Å². The Bertz CT molecular complexity index is 542. The molecule has 2 aromatic rings. The fraction of sp³-hybridized carbons (Fsp3) is 0.429. The van der Waals surface area contributed by atoms with E-state index >= 15 is 0 Å². The molecule has 104 valence electrons. The van der Waals surface area contributed by atoms with Crippen molar-refractivity contribution in [3.63, 3.8) is 0 Å². The number of alkyl halides is 1. The molecule has 0 spiro atoms. The molecule has 1 aromatic heterocycles. The van der Waals surface area contributed by atoms with Crippen molar-refractivity contribution in [3.05, 3.63) is 36.1 Å². The molecule has 2 atom stereocenters. The summed E-state index contributed by atoms with van der Waals surface area (Å²) in [5.74, 6) is 0. The Morgan fingerprint density at radius 3 is 2.84 bits per heavy atom. The zero-order valence-electron chi connectivity index (χ0n) is 10.8. The first kappa shape index (κ1) is 14.0. The first-order chi connectivity index (χ1) is 9.15. The molecule has 0 saturated carbocycles. The van der Waals surface area contributed by atoms with Crippen molar-refractivity contribution in [1.29, 1.82) is 0 Å². The molecule has 0 aliphatic heterocycles. The Morgan fingerprint density at radius 1 is 1.42 bits per heavy atom. The van der Waals surface area contributed by atoms with E-state index in [2.05, 4.69) is 5.32 Å². The zero-order chi connectivity index (χ0) is 13.9. The molecule has 1 heterocycles. The molecular formula is C14H18FNO3. The summed E-state index contributed by atoms with van der Waals surface area (Å²) in [6.07, 6.45) is 1.54. The summed E-state index contributed by atoms with van der Waals surface area (Å²) in [4.78, 5) is 0. The first-order valence-electron chi connectivity index (χ1n) is 6.26. The minimum Gasteiger partial charge on any atom is -0.464 e. The maximum atomic E-state index is 13.4. The van der Waals surface area contributed by atoms with Crippen LogP contribution in [0.3, 0.4) is 0 Å². The van der Waals surface area contributed by atoms with E-state index in [1.54, 1.807) is 24.3 Å². The second kappa shape index (κ2) is 5.69. The van der Waals surface area contributed by atoms with Crippen molar-refractivity contribution >= 4 is 11.0 Å². The van der Waals surface area contributed by atoms with Gasteiger partial charge in [0.2, 0.25) is 0 Å². The molecule has 0 aliphatic rings. The standard InChI is InChI=1S/C14H18FNO3/c1-2-16-13(8-17)14(18,9-15)11-4-3-10-5-6-19-12(10)7-11/h3-7,13,16-18H,2,8-9H2,1H3. The molecule has 0 aliphatic carbocycles. The Kier molecular flexibility index (Phi) is 4.19. The third kappa shape index (κ3) is 2.49. The van der Waals surface area contributed by atoms with Crippen molar-refractivity contribution in [2.45, 2.75) is 18.6 Å². The molecule has 0 saturated heterocycles. The molecule has 3 N–H and O–H groups in total. The second-order valence-electron chi connectivity index (χ2n) is 4.52. The van der Waals surface area contributed by atoms with Gasteiger partial charge in [-0.15, -0.1) is 0 Å². The smallest absolute Gasteiger partial charge is 0.135 e. The highest BCUT2D eigenvalue weighted by Crippen LogP contribution is 2.29. The van der Waals surface area contributed by atoms with Crippen molar-refractivity contribution in [1.82, 2.24) is 5.32 Å². The number of benzene rings is 1. The summed E-state index contributed by atoms with van der Waals surface area (Å²) in [5.41, 5.74) is -0.804. The van der Waals surface area contributed by atoms with Crippen LogP contribution in [0, 0.1) is 0 Å². The maximum Gasteiger partial charge on any atom is 0.135 e. The van der Waals surface area contributed by atoms with Gasteiger partial charge in [-0.05, 0) is 24.2 Å². The van der Waals surface area contributed by atoms with E-state index in [9.17, 15) is 14.6 Å². The Balaban J connectivity index is 2.43. The number of hydrogen-bond acceptors (Lipinski definition) is 4. The summed E-state index contributed by atoms with van der Waals surface area (Å²) >= 11 is 0. The van der Waals surface area contributed by atoms with E-state index in [-0.39, 0.29) is 6.61 Å². The number of halogens is 1. The van der Waals surface area contributed by atoms with E-state index in [4.69, 9.17) is 4.42 Å². The van der Waals surface area contributed by atoms with Gasteiger partial charge in [0.25, 0.3) is 0 Å². The lowest BCUT2D eigenvalue weighted by atomic mass is 9.87. The van der Waals surface area contributed by atoms with E-state index in [1.807, 2.05) is 6.92 Å². The highest BCUT2D eigenvalue weighted by molar-refractivity contribution is 5.77. The van der Waals surface area contributed by atoms with Crippen LogP contribution in [0.2, 0.25) is 0 Å². The van der Waals surface area contributed by atoms with E-state index < -0.39 is 18.3 Å². The number of rotatable bonds is 6. The van der Waals surface area contributed by atoms with Crippen molar-refractivity contribution in [2.75, 3.05) is 19.8 Å². The van der Waals surface area contributed by atoms with Crippen LogP contribution in [-0.2, 0) is 5.60 Å². The molecule has 0 fully saturated rings. The van der Waals surface area contributed by atoms with Crippen LogP contribution in [-0.4, -0.2) is 36.1 Å². The molecule has 0 bridgehead atoms. The highest BCUT2D eigenvalue weighted by atomic mass is 19.1. The molecule has 4 nitrogen and oxygen atoms in total. The Labute approximate surface area is 110 Å². The largest absolute Gasteiger partial charge is 0.464 e. The molecule has 19 heavy (non-hydrogen) atoms. The number of aliphatic hydroxyl groups is 2. The van der Waals surface area contributed by atoms with Gasteiger partial charge in [-0.1, -0.05) is 19.1 Å². The van der Waals surface area contributed by atoms with Gasteiger partial charge in [-0.3, -0.25) is 0 Å². The lowest BCUT2D eigenvalue weighted by Crippen LogP contribution is -2.52. The third-order valence-electron chi connectivity index (χ3n) is 3.37. The third-order valence-corrected chi connectivity index (χ3v) is 3.37. The van der Waals surface area contributed by atoms with Gasteiger partial charge in [0.05, 0.1) is 18.9 Å². The predicted molar refractivity (Wildman–Crippen MR) is 70.6 cm³/mol. The number of aliphatic hydroxyl groups excluding tert-OH is 1. The van der Waals surface area contributed by atoms with Gasteiger partial charge in [0, 0.05) is 5.39 Å².